The van der Waals surface area contributed by atoms with Gasteiger partial charge < -0.3 is 10.6 Å². The molecule has 1 amide bonds. The molecule has 0 aromatic rings. The van der Waals surface area contributed by atoms with Gasteiger partial charge in [-0.15, -0.1) is 0 Å². The molecular weight excluding hydrogens is 152 g/mol. The van der Waals surface area contributed by atoms with Gasteiger partial charge in [-0.05, 0) is 26.8 Å². The van der Waals surface area contributed by atoms with Crippen molar-refractivity contribution in [3.05, 3.63) is 0 Å². The van der Waals surface area contributed by atoms with Crippen molar-refractivity contribution in [1.29, 1.82) is 0 Å². The summed E-state index contributed by atoms with van der Waals surface area (Å²) in [4.78, 5) is 10.7. The Hall–Kier alpha value is -0.570. The first-order valence-electron chi connectivity index (χ1n) is 4.43. The fraction of sp³-hybridized carbons (Fsp3) is 0.889. The molecule has 0 fully saturated rings. The summed E-state index contributed by atoms with van der Waals surface area (Å²) >= 11 is 0. The van der Waals surface area contributed by atoms with Crippen molar-refractivity contribution >= 4 is 5.91 Å². The third-order valence-corrected chi connectivity index (χ3v) is 2.46. The molecule has 0 rings (SSSR count). The fourth-order valence-electron chi connectivity index (χ4n) is 1.15. The summed E-state index contributed by atoms with van der Waals surface area (Å²) in [5.41, 5.74) is 0. The second-order valence-electron chi connectivity index (χ2n) is 3.43. The number of nitrogens with one attached hydrogen (secondary N) is 2. The highest BCUT2D eigenvalue weighted by molar-refractivity contribution is 5.73. The second kappa shape index (κ2) is 5.14. The highest BCUT2D eigenvalue weighted by Gasteiger charge is 2.17. The molecule has 0 aliphatic carbocycles. The molecule has 0 saturated heterocycles. The van der Waals surface area contributed by atoms with E-state index in [9.17, 15) is 4.79 Å². The molecule has 0 saturated carbocycles. The van der Waals surface area contributed by atoms with E-state index in [4.69, 9.17) is 0 Å². The average Bonchev–Trinajstić information content (AvgIpc) is 2.00. The van der Waals surface area contributed by atoms with Gasteiger partial charge in [-0.2, -0.15) is 0 Å². The van der Waals surface area contributed by atoms with Crippen molar-refractivity contribution in [3.63, 3.8) is 0 Å². The van der Waals surface area contributed by atoms with Gasteiger partial charge in [0.05, 0.1) is 0 Å². The summed E-state index contributed by atoms with van der Waals surface area (Å²) in [6, 6.07) is 0.650. The summed E-state index contributed by atoms with van der Waals surface area (Å²) in [7, 11) is 1.93. The maximum Gasteiger partial charge on any atom is 0.217 e. The smallest absolute Gasteiger partial charge is 0.217 e. The topological polar surface area (TPSA) is 41.1 Å². The molecule has 3 heteroatoms. The van der Waals surface area contributed by atoms with E-state index in [1.165, 1.54) is 0 Å². The van der Waals surface area contributed by atoms with Crippen molar-refractivity contribution in [2.45, 2.75) is 39.8 Å². The van der Waals surface area contributed by atoms with Crippen molar-refractivity contribution in [1.82, 2.24) is 10.6 Å². The highest BCUT2D eigenvalue weighted by Crippen LogP contribution is 2.07. The molecule has 3 nitrogen and oxygen atoms in total. The van der Waals surface area contributed by atoms with Gasteiger partial charge in [-0.3, -0.25) is 4.79 Å². The van der Waals surface area contributed by atoms with Gasteiger partial charge in [0.2, 0.25) is 5.91 Å². The third kappa shape index (κ3) is 3.72. The van der Waals surface area contributed by atoms with Crippen LogP contribution in [-0.2, 0) is 4.79 Å². The number of carbonyl (C=O) groups excluding carboxylic acids is 1. The summed E-state index contributed by atoms with van der Waals surface area (Å²) < 4.78 is 0. The Labute approximate surface area is 74.9 Å². The van der Waals surface area contributed by atoms with Gasteiger partial charge in [0.1, 0.15) is 0 Å². The summed E-state index contributed by atoms with van der Waals surface area (Å²) in [5, 5.41) is 6.05. The lowest BCUT2D eigenvalue weighted by molar-refractivity contribution is -0.119. The minimum absolute atomic E-state index is 0.0395. The van der Waals surface area contributed by atoms with Crippen LogP contribution in [0.15, 0.2) is 0 Å². The van der Waals surface area contributed by atoms with Crippen molar-refractivity contribution in [2.24, 2.45) is 5.92 Å². The molecule has 3 atom stereocenters. The number of hydrogen-bond donors (Lipinski definition) is 2. The van der Waals surface area contributed by atoms with Crippen LogP contribution < -0.4 is 10.6 Å². The summed E-state index contributed by atoms with van der Waals surface area (Å²) in [6.45, 7) is 7.82. The molecule has 12 heavy (non-hydrogen) atoms. The van der Waals surface area contributed by atoms with Crippen molar-refractivity contribution in [3.8, 4) is 0 Å². The van der Waals surface area contributed by atoms with E-state index in [-0.39, 0.29) is 11.9 Å². The lowest BCUT2D eigenvalue weighted by Gasteiger charge is -2.26. The summed E-state index contributed by atoms with van der Waals surface area (Å²) in [5.74, 6) is 0.483. The van der Waals surface area contributed by atoms with E-state index < -0.39 is 0 Å². The predicted molar refractivity (Wildman–Crippen MR) is 51.0 cm³/mol. The van der Waals surface area contributed by atoms with Crippen LogP contribution in [-0.4, -0.2) is 25.0 Å². The standard InChI is InChI=1S/C9H20N2O/c1-6(7(2)10-5)8(3)11-9(4)12/h6-8,10H,1-5H3,(H,11,12)/t6-,7+,8?/m0/s1. The molecule has 0 aromatic heterocycles. The number of rotatable bonds is 4. The van der Waals surface area contributed by atoms with Crippen molar-refractivity contribution < 1.29 is 4.79 Å². The normalized spacial score (nSPS) is 18.1. The Morgan fingerprint density at radius 1 is 1.17 bits per heavy atom. The van der Waals surface area contributed by atoms with Crippen LogP contribution in [0.2, 0.25) is 0 Å². The van der Waals surface area contributed by atoms with E-state index in [1.807, 2.05) is 14.0 Å². The minimum Gasteiger partial charge on any atom is -0.354 e. The first-order valence-corrected chi connectivity index (χ1v) is 4.43. The van der Waals surface area contributed by atoms with Crippen LogP contribution in [0.1, 0.15) is 27.7 Å². The van der Waals surface area contributed by atoms with Gasteiger partial charge in [0.25, 0.3) is 0 Å². The van der Waals surface area contributed by atoms with Crippen molar-refractivity contribution in [2.75, 3.05) is 7.05 Å². The van der Waals surface area contributed by atoms with E-state index in [2.05, 4.69) is 24.5 Å². The van der Waals surface area contributed by atoms with Gasteiger partial charge in [-0.1, -0.05) is 6.92 Å². The Kier molecular flexibility index (Phi) is 4.90. The van der Waals surface area contributed by atoms with Gasteiger partial charge in [0, 0.05) is 19.0 Å². The molecule has 0 aliphatic heterocycles. The molecule has 0 aromatic carbocycles. The van der Waals surface area contributed by atoms with Crippen LogP contribution in [0, 0.1) is 5.92 Å². The molecule has 72 valence electrons. The Morgan fingerprint density at radius 2 is 1.67 bits per heavy atom. The zero-order chi connectivity index (χ0) is 9.72. The predicted octanol–water partition coefficient (Wildman–Crippen LogP) is 0.755. The zero-order valence-corrected chi connectivity index (χ0v) is 8.64. The largest absolute Gasteiger partial charge is 0.354 e. The number of hydrogen-bond acceptors (Lipinski definition) is 2. The Bertz CT molecular complexity index is 147. The van der Waals surface area contributed by atoms with Crippen LogP contribution in [0.3, 0.4) is 0 Å². The molecule has 0 heterocycles. The first-order chi connectivity index (χ1) is 5.49. The first kappa shape index (κ1) is 11.4. The van der Waals surface area contributed by atoms with E-state index in [0.29, 0.717) is 12.0 Å². The zero-order valence-electron chi connectivity index (χ0n) is 8.64. The van der Waals surface area contributed by atoms with Crippen LogP contribution in [0.25, 0.3) is 0 Å². The number of carbonyl (C=O) groups is 1. The Morgan fingerprint density at radius 3 is 2.00 bits per heavy atom. The maximum atomic E-state index is 10.7. The van der Waals surface area contributed by atoms with Crippen LogP contribution in [0.4, 0.5) is 0 Å². The van der Waals surface area contributed by atoms with Gasteiger partial charge in [-0.25, -0.2) is 0 Å². The summed E-state index contributed by atoms with van der Waals surface area (Å²) in [6.07, 6.45) is 0. The molecule has 0 aliphatic rings. The second-order valence-corrected chi connectivity index (χ2v) is 3.43. The molecular formula is C9H20N2O. The fourth-order valence-corrected chi connectivity index (χ4v) is 1.15. The quantitative estimate of drug-likeness (QED) is 0.657. The molecule has 2 N–H and O–H groups in total. The van der Waals surface area contributed by atoms with Crippen LogP contribution in [0.5, 0.6) is 0 Å². The molecule has 0 radical (unpaired) electrons. The minimum atomic E-state index is 0.0395. The number of amides is 1. The highest BCUT2D eigenvalue weighted by atomic mass is 16.1. The maximum absolute atomic E-state index is 10.7. The van der Waals surface area contributed by atoms with E-state index >= 15 is 0 Å². The lowest BCUT2D eigenvalue weighted by atomic mass is 9.96. The van der Waals surface area contributed by atoms with E-state index in [0.717, 1.165) is 0 Å². The molecule has 1 unspecified atom stereocenters. The van der Waals surface area contributed by atoms with Crippen LogP contribution >= 0.6 is 0 Å². The van der Waals surface area contributed by atoms with Gasteiger partial charge in [0.15, 0.2) is 0 Å². The average molecular weight is 172 g/mol. The van der Waals surface area contributed by atoms with Gasteiger partial charge >= 0.3 is 0 Å². The third-order valence-electron chi connectivity index (χ3n) is 2.46. The van der Waals surface area contributed by atoms with E-state index in [1.54, 1.807) is 6.92 Å². The lowest BCUT2D eigenvalue weighted by Crippen LogP contribution is -2.43. The molecule has 0 bridgehead atoms. The SMILES string of the molecule is CN[C@H](C)[C@H](C)C(C)NC(C)=O. The Balaban J connectivity index is 3.91. The monoisotopic (exact) mass is 172 g/mol. The molecule has 0 spiro atoms.